The van der Waals surface area contributed by atoms with Crippen molar-refractivity contribution in [2.75, 3.05) is 19.6 Å². The van der Waals surface area contributed by atoms with E-state index in [1.165, 1.54) is 6.42 Å². The van der Waals surface area contributed by atoms with Crippen LogP contribution in [0.15, 0.2) is 24.3 Å². The Morgan fingerprint density at radius 1 is 1.14 bits per heavy atom. The van der Waals surface area contributed by atoms with Crippen molar-refractivity contribution in [3.63, 3.8) is 0 Å². The first-order valence-electron chi connectivity index (χ1n) is 13.3. The minimum atomic E-state index is -0.846. The smallest absolute Gasteiger partial charge is 0.248 e. The van der Waals surface area contributed by atoms with Gasteiger partial charge in [0.15, 0.2) is 0 Å². The van der Waals surface area contributed by atoms with E-state index >= 15 is 0 Å². The summed E-state index contributed by atoms with van der Waals surface area (Å²) in [7, 11) is 0. The molecule has 36 heavy (non-hydrogen) atoms. The van der Waals surface area contributed by atoms with Crippen LogP contribution in [0.3, 0.4) is 0 Å². The van der Waals surface area contributed by atoms with Gasteiger partial charge in [-0.15, -0.1) is 12.4 Å². The molecule has 3 fully saturated rings. The number of primary amides is 1. The summed E-state index contributed by atoms with van der Waals surface area (Å²) in [5, 5.41) is 14.0. The Morgan fingerprint density at radius 2 is 1.78 bits per heavy atom. The molecule has 0 unspecified atom stereocenters. The van der Waals surface area contributed by atoms with E-state index < -0.39 is 23.6 Å². The van der Waals surface area contributed by atoms with Gasteiger partial charge in [0.05, 0.1) is 6.10 Å². The number of unbranched alkanes of at least 4 members (excludes halogenated alkanes) is 1. The number of nitrogens with zero attached hydrogens (tertiary/aromatic N) is 2. The van der Waals surface area contributed by atoms with Crippen LogP contribution >= 0.6 is 12.4 Å². The largest absolute Gasteiger partial charge is 0.390 e. The van der Waals surface area contributed by atoms with E-state index in [-0.39, 0.29) is 30.1 Å². The molecule has 4 rings (SSSR count). The van der Waals surface area contributed by atoms with Gasteiger partial charge in [-0.05, 0) is 55.7 Å². The zero-order chi connectivity index (χ0) is 25.0. The molecule has 9 heteroatoms. The standard InChI is InChI=1S/C27H40N4O4.ClH/c1-2-3-15-31-25(34)22(23(32)20-7-5-4-6-8-20)29-26(35)27(31)13-16-30(17-14-27)18-19-9-11-21(12-10-19)24(28)33;/h9-12,20,22-23,32H,2-8,13-18H2,1H3,(H2,28,33)(H,29,35);1H/t22-,23-;/m1./s1. The number of amides is 3. The summed E-state index contributed by atoms with van der Waals surface area (Å²) in [4.78, 5) is 42.7. The van der Waals surface area contributed by atoms with Crippen LogP contribution in [0.1, 0.15) is 80.6 Å². The van der Waals surface area contributed by atoms with Crippen LogP contribution in [0.25, 0.3) is 0 Å². The molecule has 1 aromatic carbocycles. The van der Waals surface area contributed by atoms with Crippen molar-refractivity contribution in [1.29, 1.82) is 0 Å². The Balaban J connectivity index is 0.00000361. The molecule has 1 aliphatic carbocycles. The summed E-state index contributed by atoms with van der Waals surface area (Å²) >= 11 is 0. The second kappa shape index (κ2) is 12.4. The normalized spacial score (nSPS) is 23.7. The lowest BCUT2D eigenvalue weighted by Gasteiger charge is -2.52. The average molecular weight is 521 g/mol. The summed E-state index contributed by atoms with van der Waals surface area (Å²) in [5.41, 5.74) is 6.05. The lowest BCUT2D eigenvalue weighted by Crippen LogP contribution is -2.75. The minimum Gasteiger partial charge on any atom is -0.390 e. The van der Waals surface area contributed by atoms with E-state index in [9.17, 15) is 19.5 Å². The van der Waals surface area contributed by atoms with Crippen LogP contribution in [-0.2, 0) is 16.1 Å². The molecule has 8 nitrogen and oxygen atoms in total. The lowest BCUT2D eigenvalue weighted by molar-refractivity contribution is -0.166. The van der Waals surface area contributed by atoms with E-state index in [0.29, 0.717) is 44.6 Å². The fraction of sp³-hybridized carbons (Fsp3) is 0.667. The number of benzene rings is 1. The molecule has 2 heterocycles. The molecule has 3 aliphatic rings. The molecule has 4 N–H and O–H groups in total. The quantitative estimate of drug-likeness (QED) is 0.487. The van der Waals surface area contributed by atoms with Crippen LogP contribution in [0, 0.1) is 5.92 Å². The maximum atomic E-state index is 13.7. The lowest BCUT2D eigenvalue weighted by atomic mass is 9.78. The van der Waals surface area contributed by atoms with Gasteiger partial charge in [-0.3, -0.25) is 19.3 Å². The van der Waals surface area contributed by atoms with Crippen LogP contribution in [-0.4, -0.2) is 69.9 Å². The fourth-order valence-electron chi connectivity index (χ4n) is 6.07. The number of nitrogens with two attached hydrogens (primary N) is 1. The molecule has 3 amide bonds. The molecule has 1 spiro atoms. The van der Waals surface area contributed by atoms with Crippen LogP contribution < -0.4 is 11.1 Å². The van der Waals surface area contributed by atoms with Gasteiger partial charge in [-0.2, -0.15) is 0 Å². The molecule has 1 saturated carbocycles. The summed E-state index contributed by atoms with van der Waals surface area (Å²) < 4.78 is 0. The van der Waals surface area contributed by atoms with Crippen molar-refractivity contribution >= 4 is 30.1 Å². The molecule has 2 atom stereocenters. The molecule has 0 radical (unpaired) electrons. The second-order valence-electron chi connectivity index (χ2n) is 10.6. The molecule has 2 aliphatic heterocycles. The molecular formula is C27H41ClN4O4. The van der Waals surface area contributed by atoms with Crippen LogP contribution in [0.5, 0.6) is 0 Å². The summed E-state index contributed by atoms with van der Waals surface area (Å²) in [5.74, 6) is -0.600. The highest BCUT2D eigenvalue weighted by Crippen LogP contribution is 2.36. The number of halogens is 1. The zero-order valence-corrected chi connectivity index (χ0v) is 22.1. The highest BCUT2D eigenvalue weighted by molar-refractivity contribution is 6.00. The summed E-state index contributed by atoms with van der Waals surface area (Å²) in [6.45, 7) is 4.73. The van der Waals surface area contributed by atoms with Gasteiger partial charge < -0.3 is 21.1 Å². The van der Waals surface area contributed by atoms with Crippen molar-refractivity contribution in [3.05, 3.63) is 35.4 Å². The van der Waals surface area contributed by atoms with Crippen molar-refractivity contribution in [2.45, 2.75) is 88.9 Å². The van der Waals surface area contributed by atoms with Crippen molar-refractivity contribution in [1.82, 2.24) is 15.1 Å². The van der Waals surface area contributed by atoms with E-state index in [1.807, 2.05) is 17.0 Å². The predicted molar refractivity (Wildman–Crippen MR) is 141 cm³/mol. The maximum absolute atomic E-state index is 13.7. The predicted octanol–water partition coefficient (Wildman–Crippen LogP) is 2.61. The van der Waals surface area contributed by atoms with Crippen LogP contribution in [0.2, 0.25) is 0 Å². The minimum absolute atomic E-state index is 0. The number of likely N-dealkylation sites (tertiary alicyclic amines) is 1. The number of nitrogens with one attached hydrogen (secondary N) is 1. The van der Waals surface area contributed by atoms with Gasteiger partial charge in [0.2, 0.25) is 17.7 Å². The topological polar surface area (TPSA) is 116 Å². The number of piperazine rings is 1. The van der Waals surface area contributed by atoms with Gasteiger partial charge in [-0.1, -0.05) is 44.7 Å². The Kier molecular flexibility index (Phi) is 9.78. The first-order chi connectivity index (χ1) is 16.9. The summed E-state index contributed by atoms with van der Waals surface area (Å²) in [6, 6.07) is 6.45. The molecule has 0 aromatic heterocycles. The first kappa shape index (κ1) is 28.4. The number of rotatable bonds is 8. The molecule has 0 bridgehead atoms. The van der Waals surface area contributed by atoms with Gasteiger partial charge in [0.1, 0.15) is 11.6 Å². The number of carbonyl (C=O) groups excluding carboxylic acids is 3. The number of hydrogen-bond donors (Lipinski definition) is 3. The molecule has 2 saturated heterocycles. The van der Waals surface area contributed by atoms with Crippen molar-refractivity contribution < 1.29 is 19.5 Å². The monoisotopic (exact) mass is 520 g/mol. The highest BCUT2D eigenvalue weighted by Gasteiger charge is 2.55. The van der Waals surface area contributed by atoms with Gasteiger partial charge in [0.25, 0.3) is 0 Å². The molecular weight excluding hydrogens is 480 g/mol. The Morgan fingerprint density at radius 3 is 2.36 bits per heavy atom. The van der Waals surface area contributed by atoms with E-state index in [2.05, 4.69) is 17.1 Å². The summed E-state index contributed by atoms with van der Waals surface area (Å²) in [6.07, 6.45) is 7.23. The van der Waals surface area contributed by atoms with E-state index in [1.54, 1.807) is 12.1 Å². The molecule has 200 valence electrons. The Labute approximate surface area is 220 Å². The third-order valence-electron chi connectivity index (χ3n) is 8.30. The zero-order valence-electron chi connectivity index (χ0n) is 21.3. The van der Waals surface area contributed by atoms with Gasteiger partial charge in [0, 0.05) is 31.7 Å². The average Bonchev–Trinajstić information content (AvgIpc) is 2.88. The maximum Gasteiger partial charge on any atom is 0.248 e. The second-order valence-corrected chi connectivity index (χ2v) is 10.6. The SMILES string of the molecule is CCCCN1C(=O)[C@@H]([C@H](O)C2CCCCC2)NC(=O)C12CCN(Cc1ccc(C(N)=O)cc1)CC2.Cl. The Bertz CT molecular complexity index is 911. The first-order valence-corrected chi connectivity index (χ1v) is 13.3. The van der Waals surface area contributed by atoms with Crippen LogP contribution in [0.4, 0.5) is 0 Å². The van der Waals surface area contributed by atoms with Gasteiger partial charge in [-0.25, -0.2) is 0 Å². The Hall–Kier alpha value is -2.16. The third-order valence-corrected chi connectivity index (χ3v) is 8.30. The van der Waals surface area contributed by atoms with E-state index in [4.69, 9.17) is 5.73 Å². The molecule has 1 aromatic rings. The third kappa shape index (κ3) is 5.87. The van der Waals surface area contributed by atoms with Crippen molar-refractivity contribution in [2.24, 2.45) is 11.7 Å². The highest BCUT2D eigenvalue weighted by atomic mass is 35.5. The number of aliphatic hydroxyl groups excluding tert-OH is 1. The number of carbonyl (C=O) groups is 3. The number of aliphatic hydroxyl groups is 1. The van der Waals surface area contributed by atoms with Crippen molar-refractivity contribution in [3.8, 4) is 0 Å². The van der Waals surface area contributed by atoms with E-state index in [0.717, 1.165) is 44.1 Å². The fourth-order valence-corrected chi connectivity index (χ4v) is 6.07. The van der Waals surface area contributed by atoms with Gasteiger partial charge >= 0.3 is 0 Å². The number of piperidine rings is 1. The number of hydrogen-bond acceptors (Lipinski definition) is 5.